The van der Waals surface area contributed by atoms with Crippen LogP contribution in [0.3, 0.4) is 0 Å². The van der Waals surface area contributed by atoms with E-state index in [1.165, 1.54) is 12.1 Å². The molecule has 90 valence electrons. The number of carbonyl (C=O) groups is 2. The Bertz CT molecular complexity index is 805. The standard InChI is InChI=1S/C12H6ClNO4/c13-7-4-9-10(12(17)18)6(11(15)16)3-5-1-2-8(7)14(5)9/h1-4H,(H,15,16)(H,17,18). The zero-order chi connectivity index (χ0) is 13.0. The molecule has 0 aliphatic rings. The molecule has 0 aromatic carbocycles. The Morgan fingerprint density at radius 2 is 1.78 bits per heavy atom. The number of halogens is 1. The van der Waals surface area contributed by atoms with E-state index in [1.807, 2.05) is 0 Å². The molecule has 0 saturated heterocycles. The van der Waals surface area contributed by atoms with Crippen LogP contribution in [0.25, 0.3) is 16.6 Å². The molecule has 6 heteroatoms. The number of nitrogens with zero attached hydrogens (tertiary/aromatic N) is 1. The number of hydrogen-bond donors (Lipinski definition) is 2. The van der Waals surface area contributed by atoms with Gasteiger partial charge >= 0.3 is 11.9 Å². The van der Waals surface area contributed by atoms with Crippen LogP contribution in [0.4, 0.5) is 0 Å². The Kier molecular flexibility index (Phi) is 2.03. The molecule has 3 aromatic heterocycles. The van der Waals surface area contributed by atoms with Crippen LogP contribution in [0.1, 0.15) is 20.7 Å². The van der Waals surface area contributed by atoms with E-state index in [4.69, 9.17) is 16.7 Å². The van der Waals surface area contributed by atoms with E-state index in [0.29, 0.717) is 21.6 Å². The highest BCUT2D eigenvalue weighted by molar-refractivity contribution is 6.35. The van der Waals surface area contributed by atoms with Crippen LogP contribution in [-0.4, -0.2) is 26.6 Å². The molecule has 3 heterocycles. The highest BCUT2D eigenvalue weighted by atomic mass is 35.5. The van der Waals surface area contributed by atoms with Crippen LogP contribution in [0.2, 0.25) is 5.02 Å². The van der Waals surface area contributed by atoms with Gasteiger partial charge in [-0.15, -0.1) is 0 Å². The largest absolute Gasteiger partial charge is 0.478 e. The molecule has 0 atom stereocenters. The van der Waals surface area contributed by atoms with Crippen molar-refractivity contribution in [3.05, 3.63) is 40.4 Å². The summed E-state index contributed by atoms with van der Waals surface area (Å²) in [5.41, 5.74) is 1.08. The summed E-state index contributed by atoms with van der Waals surface area (Å²) in [5, 5.41) is 18.7. The molecule has 0 spiro atoms. The number of aromatic nitrogens is 1. The van der Waals surface area contributed by atoms with Crippen LogP contribution < -0.4 is 0 Å². The monoisotopic (exact) mass is 263 g/mol. The Balaban J connectivity index is 2.60. The topological polar surface area (TPSA) is 79.0 Å². The van der Waals surface area contributed by atoms with Crippen molar-refractivity contribution < 1.29 is 19.8 Å². The summed E-state index contributed by atoms with van der Waals surface area (Å²) in [4.78, 5) is 22.4. The molecular weight excluding hydrogens is 258 g/mol. The van der Waals surface area contributed by atoms with E-state index in [0.717, 1.165) is 0 Å². The summed E-state index contributed by atoms with van der Waals surface area (Å²) in [6.07, 6.45) is 0. The van der Waals surface area contributed by atoms with E-state index < -0.39 is 11.9 Å². The van der Waals surface area contributed by atoms with Crippen molar-refractivity contribution in [3.63, 3.8) is 0 Å². The number of rotatable bonds is 2. The normalized spacial score (nSPS) is 11.4. The van der Waals surface area contributed by atoms with Crippen LogP contribution in [0.5, 0.6) is 0 Å². The second-order valence-electron chi connectivity index (χ2n) is 3.90. The Labute approximate surface area is 105 Å². The fraction of sp³-hybridized carbons (Fsp3) is 0. The first kappa shape index (κ1) is 10.9. The van der Waals surface area contributed by atoms with Crippen LogP contribution in [-0.2, 0) is 0 Å². The predicted octanol–water partition coefficient (Wildman–Crippen LogP) is 2.58. The molecule has 2 N–H and O–H groups in total. The molecular formula is C12H6ClNO4. The third-order valence-corrected chi connectivity index (χ3v) is 3.22. The minimum atomic E-state index is -1.29. The summed E-state index contributed by atoms with van der Waals surface area (Å²) in [6, 6.07) is 6.23. The number of pyridine rings is 1. The number of carboxylic acid groups (broad SMARTS) is 2. The van der Waals surface area contributed by atoms with E-state index in [1.54, 1.807) is 16.5 Å². The number of aromatic carboxylic acids is 2. The Morgan fingerprint density at radius 3 is 2.39 bits per heavy atom. The van der Waals surface area contributed by atoms with Crippen molar-refractivity contribution in [2.24, 2.45) is 0 Å². The van der Waals surface area contributed by atoms with E-state index >= 15 is 0 Å². The summed E-state index contributed by atoms with van der Waals surface area (Å²) in [6.45, 7) is 0. The van der Waals surface area contributed by atoms with Gasteiger partial charge in [0.1, 0.15) is 0 Å². The lowest BCUT2D eigenvalue weighted by molar-refractivity contribution is 0.0653. The first-order valence-electron chi connectivity index (χ1n) is 5.03. The van der Waals surface area contributed by atoms with Gasteiger partial charge in [0.25, 0.3) is 0 Å². The van der Waals surface area contributed by atoms with Gasteiger partial charge in [-0.1, -0.05) is 11.6 Å². The minimum absolute atomic E-state index is 0.239. The summed E-state index contributed by atoms with van der Waals surface area (Å²) in [5.74, 6) is -2.56. The maximum atomic E-state index is 11.3. The van der Waals surface area contributed by atoms with Crippen molar-refractivity contribution in [2.75, 3.05) is 0 Å². The smallest absolute Gasteiger partial charge is 0.338 e. The molecule has 3 aromatic rings. The first-order chi connectivity index (χ1) is 8.50. The molecule has 18 heavy (non-hydrogen) atoms. The van der Waals surface area contributed by atoms with Crippen molar-refractivity contribution in [1.29, 1.82) is 0 Å². The van der Waals surface area contributed by atoms with Crippen molar-refractivity contribution in [3.8, 4) is 0 Å². The third kappa shape index (κ3) is 1.22. The number of carboxylic acids is 2. The maximum absolute atomic E-state index is 11.3. The van der Waals surface area contributed by atoms with Gasteiger partial charge in [0.2, 0.25) is 0 Å². The van der Waals surface area contributed by atoms with Crippen molar-refractivity contribution in [1.82, 2.24) is 4.40 Å². The van der Waals surface area contributed by atoms with Gasteiger partial charge in [0.05, 0.1) is 27.2 Å². The van der Waals surface area contributed by atoms with Gasteiger partial charge in [-0.25, -0.2) is 9.59 Å². The van der Waals surface area contributed by atoms with Crippen molar-refractivity contribution in [2.45, 2.75) is 0 Å². The number of hydrogen-bond acceptors (Lipinski definition) is 2. The molecule has 3 rings (SSSR count). The lowest BCUT2D eigenvalue weighted by Gasteiger charge is -2.05. The molecule has 0 unspecified atom stereocenters. The van der Waals surface area contributed by atoms with Crippen LogP contribution >= 0.6 is 11.6 Å². The summed E-state index contributed by atoms with van der Waals surface area (Å²) >= 11 is 6.00. The highest BCUT2D eigenvalue weighted by Gasteiger charge is 2.23. The summed E-state index contributed by atoms with van der Waals surface area (Å²) in [7, 11) is 0. The van der Waals surface area contributed by atoms with Gasteiger partial charge in [-0.05, 0) is 24.3 Å². The minimum Gasteiger partial charge on any atom is -0.478 e. The van der Waals surface area contributed by atoms with E-state index in [2.05, 4.69) is 0 Å². The Hall–Kier alpha value is -2.27. The lowest BCUT2D eigenvalue weighted by Crippen LogP contribution is -2.10. The van der Waals surface area contributed by atoms with Gasteiger partial charge in [0.15, 0.2) is 0 Å². The zero-order valence-corrected chi connectivity index (χ0v) is 9.60. The SMILES string of the molecule is O=C(O)c1cc2ccc3c(Cl)cc(c1C(=O)O)n23. The molecule has 0 fully saturated rings. The van der Waals surface area contributed by atoms with E-state index in [9.17, 15) is 14.7 Å². The van der Waals surface area contributed by atoms with Gasteiger partial charge in [-0.2, -0.15) is 0 Å². The molecule has 5 nitrogen and oxygen atoms in total. The van der Waals surface area contributed by atoms with Crippen LogP contribution in [0, 0.1) is 0 Å². The second kappa shape index (κ2) is 3.36. The molecule has 0 amide bonds. The first-order valence-corrected chi connectivity index (χ1v) is 5.41. The lowest BCUT2D eigenvalue weighted by atomic mass is 10.1. The third-order valence-electron chi connectivity index (χ3n) is 2.92. The highest BCUT2D eigenvalue weighted by Crippen LogP contribution is 2.31. The second-order valence-corrected chi connectivity index (χ2v) is 4.31. The molecule has 0 aliphatic carbocycles. The quantitative estimate of drug-likeness (QED) is 0.745. The molecule has 0 saturated carbocycles. The van der Waals surface area contributed by atoms with Gasteiger partial charge in [-0.3, -0.25) is 0 Å². The fourth-order valence-electron chi connectivity index (χ4n) is 2.21. The maximum Gasteiger partial charge on any atom is 0.338 e. The Morgan fingerprint density at radius 1 is 1.06 bits per heavy atom. The average molecular weight is 264 g/mol. The predicted molar refractivity (Wildman–Crippen MR) is 65.0 cm³/mol. The van der Waals surface area contributed by atoms with Gasteiger partial charge in [0, 0.05) is 5.52 Å². The molecule has 0 bridgehead atoms. The van der Waals surface area contributed by atoms with Gasteiger partial charge < -0.3 is 14.6 Å². The summed E-state index contributed by atoms with van der Waals surface area (Å²) < 4.78 is 1.64. The molecule has 0 radical (unpaired) electrons. The van der Waals surface area contributed by atoms with Crippen LogP contribution in [0.15, 0.2) is 24.3 Å². The molecule has 0 aliphatic heterocycles. The average Bonchev–Trinajstić information content (AvgIpc) is 2.84. The van der Waals surface area contributed by atoms with Crippen molar-refractivity contribution >= 4 is 40.1 Å². The van der Waals surface area contributed by atoms with E-state index in [-0.39, 0.29) is 11.1 Å². The zero-order valence-electron chi connectivity index (χ0n) is 8.85. The fourth-order valence-corrected chi connectivity index (χ4v) is 2.47.